The molecule has 0 spiro atoms. The summed E-state index contributed by atoms with van der Waals surface area (Å²) in [7, 11) is 0. The maximum absolute atomic E-state index is 12.1. The number of para-hydroxylation sites is 2. The van der Waals surface area contributed by atoms with Crippen LogP contribution in [-0.4, -0.2) is 17.0 Å². The Bertz CT molecular complexity index is 1170. The Labute approximate surface area is 178 Å². The van der Waals surface area contributed by atoms with Crippen LogP contribution in [0, 0.1) is 21.4 Å². The molecule has 0 aliphatic heterocycles. The lowest BCUT2D eigenvalue weighted by Gasteiger charge is -2.10. The number of nitro groups is 1. The predicted octanol–water partition coefficient (Wildman–Crippen LogP) is 3.74. The van der Waals surface area contributed by atoms with Crippen LogP contribution in [0.4, 0.5) is 5.69 Å². The number of carbonyl (C=O) groups excluding carboxylic acids is 1. The zero-order valence-electron chi connectivity index (χ0n) is 16.4. The quantitative estimate of drug-likeness (QED) is 0.342. The summed E-state index contributed by atoms with van der Waals surface area (Å²) >= 11 is 0. The first-order valence-corrected chi connectivity index (χ1v) is 9.32. The average Bonchev–Trinajstić information content (AvgIpc) is 2.78. The highest BCUT2D eigenvalue weighted by Gasteiger charge is 2.15. The Morgan fingerprint density at radius 2 is 1.74 bits per heavy atom. The van der Waals surface area contributed by atoms with Crippen LogP contribution in [-0.2, 0) is 17.8 Å². The molecule has 3 aromatic carbocycles. The molecule has 1 N–H and O–H groups in total. The van der Waals surface area contributed by atoms with E-state index < -0.39 is 10.8 Å². The number of nitro benzene ring substituents is 1. The Hall–Kier alpha value is -4.51. The van der Waals surface area contributed by atoms with Gasteiger partial charge >= 0.3 is 0 Å². The Balaban J connectivity index is 1.63. The number of amides is 1. The van der Waals surface area contributed by atoms with E-state index in [0.717, 1.165) is 5.56 Å². The fourth-order valence-electron chi connectivity index (χ4n) is 2.85. The van der Waals surface area contributed by atoms with Gasteiger partial charge in [-0.3, -0.25) is 14.9 Å². The SMILES string of the molecule is N#Cc1ccccc1COc1ccccc1/C=N/NC(=O)Cc1ccccc1[N+](=O)[O-]. The maximum atomic E-state index is 12.1. The van der Waals surface area contributed by atoms with Gasteiger partial charge in [-0.05, 0) is 18.2 Å². The molecule has 0 radical (unpaired) electrons. The Morgan fingerprint density at radius 3 is 2.52 bits per heavy atom. The number of hydrazone groups is 1. The summed E-state index contributed by atoms with van der Waals surface area (Å²) < 4.78 is 5.83. The highest BCUT2D eigenvalue weighted by Crippen LogP contribution is 2.19. The van der Waals surface area contributed by atoms with Crippen molar-refractivity contribution in [3.63, 3.8) is 0 Å². The zero-order chi connectivity index (χ0) is 22.1. The summed E-state index contributed by atoms with van der Waals surface area (Å²) in [6.07, 6.45) is 1.26. The second kappa shape index (κ2) is 10.3. The highest BCUT2D eigenvalue weighted by atomic mass is 16.6. The fourth-order valence-corrected chi connectivity index (χ4v) is 2.85. The lowest BCUT2D eigenvalue weighted by molar-refractivity contribution is -0.385. The molecule has 0 aromatic heterocycles. The number of nitrogens with zero attached hydrogens (tertiary/aromatic N) is 3. The number of nitrogens with one attached hydrogen (secondary N) is 1. The number of rotatable bonds is 8. The summed E-state index contributed by atoms with van der Waals surface area (Å²) in [5.41, 5.74) is 4.49. The van der Waals surface area contributed by atoms with Crippen LogP contribution in [0.15, 0.2) is 77.9 Å². The molecule has 0 aliphatic rings. The molecule has 0 unspecified atom stereocenters. The van der Waals surface area contributed by atoms with Gasteiger partial charge in [0.05, 0.1) is 29.2 Å². The summed E-state index contributed by atoms with van der Waals surface area (Å²) in [4.78, 5) is 22.7. The van der Waals surface area contributed by atoms with E-state index in [1.807, 2.05) is 12.1 Å². The molecule has 1 amide bonds. The molecule has 3 aromatic rings. The molecule has 3 rings (SSSR count). The standard InChI is InChI=1S/C23H18N4O4/c24-14-18-8-1-2-10-20(18)16-31-22-12-6-4-9-19(22)15-25-26-23(28)13-17-7-3-5-11-21(17)27(29)30/h1-12,15H,13,16H2,(H,26,28)/b25-15+. The first-order valence-electron chi connectivity index (χ1n) is 9.32. The second-order valence-corrected chi connectivity index (χ2v) is 6.45. The molecular weight excluding hydrogens is 396 g/mol. The smallest absolute Gasteiger partial charge is 0.273 e. The first-order chi connectivity index (χ1) is 15.1. The third-order valence-electron chi connectivity index (χ3n) is 4.37. The normalized spacial score (nSPS) is 10.4. The fraction of sp³-hybridized carbons (Fsp3) is 0.0870. The van der Waals surface area contributed by atoms with E-state index in [4.69, 9.17) is 4.74 Å². The van der Waals surface area contributed by atoms with Crippen LogP contribution < -0.4 is 10.2 Å². The molecule has 8 heteroatoms. The van der Waals surface area contributed by atoms with Crippen molar-refractivity contribution >= 4 is 17.8 Å². The van der Waals surface area contributed by atoms with Gasteiger partial charge in [0, 0.05) is 22.8 Å². The van der Waals surface area contributed by atoms with E-state index in [1.165, 1.54) is 18.3 Å². The van der Waals surface area contributed by atoms with Crippen LogP contribution in [0.5, 0.6) is 5.75 Å². The van der Waals surface area contributed by atoms with E-state index >= 15 is 0 Å². The molecule has 0 saturated heterocycles. The summed E-state index contributed by atoms with van der Waals surface area (Å²) in [5, 5.41) is 24.2. The predicted molar refractivity (Wildman–Crippen MR) is 114 cm³/mol. The van der Waals surface area contributed by atoms with Crippen molar-refractivity contribution in [2.45, 2.75) is 13.0 Å². The third kappa shape index (κ3) is 5.74. The molecule has 0 bridgehead atoms. The van der Waals surface area contributed by atoms with Crippen molar-refractivity contribution in [1.29, 1.82) is 5.26 Å². The Morgan fingerprint density at radius 1 is 1.06 bits per heavy atom. The lowest BCUT2D eigenvalue weighted by Crippen LogP contribution is -2.20. The summed E-state index contributed by atoms with van der Waals surface area (Å²) in [5.74, 6) is 0.0545. The van der Waals surface area contributed by atoms with Crippen LogP contribution in [0.3, 0.4) is 0 Å². The molecule has 154 valence electrons. The summed E-state index contributed by atoms with van der Waals surface area (Å²) in [6, 6.07) is 22.5. The number of ether oxygens (including phenoxy) is 1. The first kappa shape index (κ1) is 21.2. The van der Waals surface area contributed by atoms with E-state index in [1.54, 1.807) is 48.5 Å². The average molecular weight is 414 g/mol. The molecule has 0 heterocycles. The van der Waals surface area contributed by atoms with E-state index in [-0.39, 0.29) is 18.7 Å². The second-order valence-electron chi connectivity index (χ2n) is 6.45. The third-order valence-corrected chi connectivity index (χ3v) is 4.37. The largest absolute Gasteiger partial charge is 0.488 e. The van der Waals surface area contributed by atoms with Crippen molar-refractivity contribution in [1.82, 2.24) is 5.43 Å². The number of hydrogen-bond acceptors (Lipinski definition) is 6. The van der Waals surface area contributed by atoms with Gasteiger partial charge < -0.3 is 4.74 Å². The van der Waals surface area contributed by atoms with Crippen molar-refractivity contribution in [2.24, 2.45) is 5.10 Å². The zero-order valence-corrected chi connectivity index (χ0v) is 16.4. The molecule has 0 atom stereocenters. The molecule has 31 heavy (non-hydrogen) atoms. The van der Waals surface area contributed by atoms with E-state index in [2.05, 4.69) is 16.6 Å². The lowest BCUT2D eigenvalue weighted by atomic mass is 10.1. The monoisotopic (exact) mass is 414 g/mol. The topological polar surface area (TPSA) is 118 Å². The minimum atomic E-state index is -0.524. The molecule has 0 aliphatic carbocycles. The summed E-state index contributed by atoms with van der Waals surface area (Å²) in [6.45, 7) is 0.207. The molecule has 8 nitrogen and oxygen atoms in total. The number of carbonyl (C=O) groups is 1. The van der Waals surface area contributed by atoms with Gasteiger partial charge in [-0.1, -0.05) is 48.5 Å². The molecule has 0 saturated carbocycles. The van der Waals surface area contributed by atoms with Crippen molar-refractivity contribution in [2.75, 3.05) is 0 Å². The highest BCUT2D eigenvalue weighted by molar-refractivity contribution is 5.86. The van der Waals surface area contributed by atoms with Gasteiger partial charge in [0.25, 0.3) is 5.69 Å². The number of hydrogen-bond donors (Lipinski definition) is 1. The van der Waals surface area contributed by atoms with Crippen molar-refractivity contribution < 1.29 is 14.5 Å². The van der Waals surface area contributed by atoms with E-state index in [0.29, 0.717) is 22.4 Å². The maximum Gasteiger partial charge on any atom is 0.273 e. The van der Waals surface area contributed by atoms with Crippen LogP contribution in [0.1, 0.15) is 22.3 Å². The van der Waals surface area contributed by atoms with E-state index in [9.17, 15) is 20.2 Å². The molecular formula is C23H18N4O4. The van der Waals surface area contributed by atoms with Crippen LogP contribution in [0.2, 0.25) is 0 Å². The Kier molecular flexibility index (Phi) is 7.06. The van der Waals surface area contributed by atoms with Crippen LogP contribution in [0.25, 0.3) is 0 Å². The van der Waals surface area contributed by atoms with Gasteiger partial charge in [0.1, 0.15) is 12.4 Å². The van der Waals surface area contributed by atoms with Crippen molar-refractivity contribution in [3.05, 3.63) is 105 Å². The minimum absolute atomic E-state index is 0.113. The van der Waals surface area contributed by atoms with Gasteiger partial charge in [0.2, 0.25) is 5.91 Å². The van der Waals surface area contributed by atoms with Crippen LogP contribution >= 0.6 is 0 Å². The van der Waals surface area contributed by atoms with Gasteiger partial charge in [-0.2, -0.15) is 10.4 Å². The molecule has 0 fully saturated rings. The van der Waals surface area contributed by atoms with Gasteiger partial charge in [-0.25, -0.2) is 5.43 Å². The number of benzene rings is 3. The number of nitriles is 1. The minimum Gasteiger partial charge on any atom is -0.488 e. The van der Waals surface area contributed by atoms with Crippen molar-refractivity contribution in [3.8, 4) is 11.8 Å². The van der Waals surface area contributed by atoms with Gasteiger partial charge in [0.15, 0.2) is 0 Å². The van der Waals surface area contributed by atoms with Gasteiger partial charge in [-0.15, -0.1) is 0 Å².